The molecule has 0 aliphatic carbocycles. The molecule has 2 N–H and O–H groups in total. The lowest BCUT2D eigenvalue weighted by atomic mass is 10.1. The van der Waals surface area contributed by atoms with Crippen molar-refractivity contribution < 1.29 is 50.6 Å². The molecule has 0 spiro atoms. The lowest BCUT2D eigenvalue weighted by molar-refractivity contribution is -0.193. The average molecular weight is 525 g/mol. The van der Waals surface area contributed by atoms with E-state index >= 15 is 0 Å². The molecular weight excluding hydrogens is 500 g/mol. The zero-order chi connectivity index (χ0) is 27.1. The maximum Gasteiger partial charge on any atom is 0.490 e. The van der Waals surface area contributed by atoms with Crippen molar-refractivity contribution in [2.24, 2.45) is 0 Å². The van der Waals surface area contributed by atoms with Crippen molar-refractivity contribution in [2.75, 3.05) is 13.1 Å². The van der Waals surface area contributed by atoms with Gasteiger partial charge in [0, 0.05) is 44.1 Å². The number of furan rings is 1. The molecule has 2 aromatic heterocycles. The number of aromatic nitrogens is 1. The first-order valence-electron chi connectivity index (χ1n) is 10.7. The van der Waals surface area contributed by atoms with E-state index in [0.29, 0.717) is 12.1 Å². The minimum Gasteiger partial charge on any atom is -0.475 e. The number of halogens is 6. The topological polar surface area (TPSA) is 107 Å². The molecule has 2 aromatic rings. The van der Waals surface area contributed by atoms with Crippen LogP contribution in [0.2, 0.25) is 0 Å². The van der Waals surface area contributed by atoms with Crippen LogP contribution in [0.1, 0.15) is 29.9 Å². The normalized spacial score (nSPS) is 20.1. The quantitative estimate of drug-likeness (QED) is 0.575. The summed E-state index contributed by atoms with van der Waals surface area (Å²) in [7, 11) is 0. The van der Waals surface area contributed by atoms with Crippen LogP contribution in [-0.2, 0) is 22.7 Å². The number of rotatable bonds is 4. The second-order valence-electron chi connectivity index (χ2n) is 8.13. The molecule has 2 atom stereocenters. The summed E-state index contributed by atoms with van der Waals surface area (Å²) in [5.74, 6) is -3.40. The Morgan fingerprint density at radius 1 is 0.944 bits per heavy atom. The summed E-state index contributed by atoms with van der Waals surface area (Å²) >= 11 is 0. The van der Waals surface area contributed by atoms with Gasteiger partial charge in [-0.05, 0) is 43.5 Å². The molecule has 2 saturated heterocycles. The van der Waals surface area contributed by atoms with Crippen molar-refractivity contribution in [3.05, 3.63) is 53.7 Å². The van der Waals surface area contributed by atoms with E-state index < -0.39 is 24.3 Å². The third-order valence-electron chi connectivity index (χ3n) is 5.55. The minimum atomic E-state index is -5.08. The van der Waals surface area contributed by atoms with Crippen molar-refractivity contribution in [1.82, 2.24) is 14.8 Å². The lowest BCUT2D eigenvalue weighted by Gasteiger charge is -2.25. The molecule has 36 heavy (non-hydrogen) atoms. The number of aryl methyl sites for hydroxylation is 1. The lowest BCUT2D eigenvalue weighted by Crippen LogP contribution is -2.35. The van der Waals surface area contributed by atoms with Crippen LogP contribution in [0.15, 0.2) is 41.1 Å². The van der Waals surface area contributed by atoms with Gasteiger partial charge in [0.05, 0.1) is 6.54 Å². The van der Waals surface area contributed by atoms with Crippen LogP contribution < -0.4 is 0 Å². The molecule has 0 unspecified atom stereocenters. The highest BCUT2D eigenvalue weighted by Gasteiger charge is 2.42. The molecule has 14 heteroatoms. The summed E-state index contributed by atoms with van der Waals surface area (Å²) in [6.45, 7) is 6.37. The van der Waals surface area contributed by atoms with Crippen molar-refractivity contribution in [3.63, 3.8) is 0 Å². The number of carboxylic acid groups (broad SMARTS) is 2. The van der Waals surface area contributed by atoms with Crippen LogP contribution in [0.25, 0.3) is 0 Å². The van der Waals surface area contributed by atoms with E-state index in [9.17, 15) is 26.3 Å². The second kappa shape index (κ2) is 12.2. The summed E-state index contributed by atoms with van der Waals surface area (Å²) in [5.41, 5.74) is 1.32. The van der Waals surface area contributed by atoms with Gasteiger partial charge in [0.1, 0.15) is 11.5 Å². The first-order chi connectivity index (χ1) is 16.7. The first-order valence-corrected chi connectivity index (χ1v) is 10.7. The standard InChI is InChI=1S/C18H23N3O.2C2HF3O2/c1-14-4-5-16(22-14)13-21-10-7-17-18(21)6-9-20(17)12-15-3-2-8-19-11-15;2*3-2(4,5)1(6)7/h2-5,8,11,17-18H,6-7,9-10,12-13H2,1H3;2*(H,6,7)/t17-,18+;;/m0../s1. The summed E-state index contributed by atoms with van der Waals surface area (Å²) in [6, 6.07) is 9.76. The van der Waals surface area contributed by atoms with Crippen LogP contribution in [0, 0.1) is 6.92 Å². The van der Waals surface area contributed by atoms with Gasteiger partial charge < -0.3 is 14.6 Å². The van der Waals surface area contributed by atoms with E-state index in [4.69, 9.17) is 24.2 Å². The van der Waals surface area contributed by atoms with Crippen LogP contribution in [0.4, 0.5) is 26.3 Å². The second-order valence-corrected chi connectivity index (χ2v) is 8.13. The fourth-order valence-corrected chi connectivity index (χ4v) is 4.05. The monoisotopic (exact) mass is 525 g/mol. The molecule has 0 saturated carbocycles. The number of aliphatic carboxylic acids is 2. The third-order valence-corrected chi connectivity index (χ3v) is 5.55. The molecule has 200 valence electrons. The number of pyridine rings is 1. The van der Waals surface area contributed by atoms with E-state index in [1.807, 2.05) is 25.4 Å². The number of hydrogen-bond acceptors (Lipinski definition) is 6. The van der Waals surface area contributed by atoms with Gasteiger partial charge in [-0.15, -0.1) is 0 Å². The predicted molar refractivity (Wildman–Crippen MR) is 113 cm³/mol. The van der Waals surface area contributed by atoms with Gasteiger partial charge in [-0.1, -0.05) is 6.07 Å². The molecule has 0 amide bonds. The van der Waals surface area contributed by atoms with Gasteiger partial charge in [0.2, 0.25) is 0 Å². The molecule has 2 aliphatic rings. The molecule has 2 aliphatic heterocycles. The van der Waals surface area contributed by atoms with E-state index in [-0.39, 0.29) is 0 Å². The van der Waals surface area contributed by atoms with Crippen LogP contribution >= 0.6 is 0 Å². The fraction of sp³-hybridized carbons (Fsp3) is 0.500. The maximum atomic E-state index is 10.6. The third kappa shape index (κ3) is 8.82. The van der Waals surface area contributed by atoms with Crippen LogP contribution in [0.3, 0.4) is 0 Å². The van der Waals surface area contributed by atoms with Gasteiger partial charge in [-0.3, -0.25) is 14.8 Å². The fourth-order valence-electron chi connectivity index (χ4n) is 4.05. The number of hydrogen-bond donors (Lipinski definition) is 2. The summed E-state index contributed by atoms with van der Waals surface area (Å²) in [6.07, 6.45) is -3.79. The Morgan fingerprint density at radius 2 is 1.44 bits per heavy atom. The minimum absolute atomic E-state index is 0.682. The highest BCUT2D eigenvalue weighted by atomic mass is 19.4. The Labute approximate surface area is 202 Å². The Hall–Kier alpha value is -3.13. The van der Waals surface area contributed by atoms with Crippen molar-refractivity contribution >= 4 is 11.9 Å². The van der Waals surface area contributed by atoms with E-state index in [1.54, 1.807) is 0 Å². The van der Waals surface area contributed by atoms with Crippen LogP contribution in [-0.4, -0.2) is 74.5 Å². The molecule has 2 fully saturated rings. The molecule has 0 radical (unpaired) electrons. The summed E-state index contributed by atoms with van der Waals surface area (Å²) in [4.78, 5) is 27.3. The van der Waals surface area contributed by atoms with E-state index in [1.165, 1.54) is 31.5 Å². The maximum absolute atomic E-state index is 10.6. The van der Waals surface area contributed by atoms with Crippen molar-refractivity contribution in [2.45, 2.75) is 57.3 Å². The summed E-state index contributed by atoms with van der Waals surface area (Å²) in [5, 5.41) is 14.2. The Balaban J connectivity index is 0.000000271. The predicted octanol–water partition coefficient (Wildman–Crippen LogP) is 4.10. The highest BCUT2D eigenvalue weighted by molar-refractivity contribution is 5.73. The van der Waals surface area contributed by atoms with Gasteiger partial charge >= 0.3 is 24.3 Å². The molecule has 4 heterocycles. The molecule has 0 aromatic carbocycles. The van der Waals surface area contributed by atoms with Crippen molar-refractivity contribution in [1.29, 1.82) is 0 Å². The van der Waals surface area contributed by atoms with Gasteiger partial charge in [-0.25, -0.2) is 9.59 Å². The number of carbonyl (C=O) groups is 2. The SMILES string of the molecule is Cc1ccc(CN2CC[C@H]3[C@H]2CCN3Cc2cccnc2)o1.O=C(O)C(F)(F)F.O=C(O)C(F)(F)F. The number of fused-ring (bicyclic) bond motifs is 1. The summed E-state index contributed by atoms with van der Waals surface area (Å²) < 4.78 is 69.2. The van der Waals surface area contributed by atoms with E-state index in [2.05, 4.69) is 33.0 Å². The van der Waals surface area contributed by atoms with Crippen LogP contribution in [0.5, 0.6) is 0 Å². The highest BCUT2D eigenvalue weighted by Crippen LogP contribution is 2.33. The largest absolute Gasteiger partial charge is 0.490 e. The molecular formula is C22H25F6N3O5. The molecule has 0 bridgehead atoms. The zero-order valence-electron chi connectivity index (χ0n) is 19.1. The van der Waals surface area contributed by atoms with E-state index in [0.717, 1.165) is 24.6 Å². The van der Waals surface area contributed by atoms with Crippen molar-refractivity contribution in [3.8, 4) is 0 Å². The molecule has 4 rings (SSSR count). The Kier molecular flexibility index (Phi) is 9.87. The number of nitrogens with zero attached hydrogens (tertiary/aromatic N) is 3. The van der Waals surface area contributed by atoms with Gasteiger partial charge in [0.15, 0.2) is 0 Å². The zero-order valence-corrected chi connectivity index (χ0v) is 19.1. The van der Waals surface area contributed by atoms with Gasteiger partial charge in [0.25, 0.3) is 0 Å². The number of alkyl halides is 6. The van der Waals surface area contributed by atoms with Gasteiger partial charge in [-0.2, -0.15) is 26.3 Å². The number of likely N-dealkylation sites (tertiary alicyclic amines) is 2. The average Bonchev–Trinajstić information content (AvgIpc) is 3.47. The molecule has 8 nitrogen and oxygen atoms in total. The first kappa shape index (κ1) is 29.1. The smallest absolute Gasteiger partial charge is 0.475 e. The Bertz CT molecular complexity index is 972. The Morgan fingerprint density at radius 3 is 1.83 bits per heavy atom. The number of carboxylic acids is 2.